The van der Waals surface area contributed by atoms with Crippen LogP contribution in [0.25, 0.3) is 0 Å². The van der Waals surface area contributed by atoms with Crippen molar-refractivity contribution in [1.29, 1.82) is 0 Å². The number of unbranched alkanes of at least 4 members (excludes halogenated alkanes) is 2. The van der Waals surface area contributed by atoms with Crippen molar-refractivity contribution in [2.45, 2.75) is 63.8 Å². The number of amides is 1. The lowest BCUT2D eigenvalue weighted by Crippen LogP contribution is -2.43. The number of benzene rings is 1. The average Bonchev–Trinajstić information content (AvgIpc) is 3.59. The molecule has 0 spiro atoms. The standard InChI is InChI=1S/C28H42N4O3/c1-3-4-15-31(16-6-5-13-29)28(33)20-32-19-23(22-9-12-26-27(18-22)35-21-34-26)17-25(32)11-10-24-8-7-14-30(24)2/h7-9,12,14,18,23,25H,3-6,10-11,13,15-17,19-21,29H2,1-2H3. The molecule has 7 heteroatoms. The summed E-state index contributed by atoms with van der Waals surface area (Å²) in [6, 6.07) is 11.0. The SMILES string of the molecule is CCCCN(CCCCN)C(=O)CN1CC(c2ccc3c(c2)OCO3)CC1CCc1cccn1C. The van der Waals surface area contributed by atoms with Gasteiger partial charge in [0, 0.05) is 44.6 Å². The normalized spacial score (nSPS) is 19.4. The number of likely N-dealkylation sites (tertiary alicyclic amines) is 1. The number of ether oxygens (including phenoxy) is 2. The van der Waals surface area contributed by atoms with Gasteiger partial charge in [0.1, 0.15) is 0 Å². The number of hydrogen-bond donors (Lipinski definition) is 1. The number of hydrogen-bond acceptors (Lipinski definition) is 5. The maximum Gasteiger partial charge on any atom is 0.236 e. The van der Waals surface area contributed by atoms with Crippen molar-refractivity contribution in [3.63, 3.8) is 0 Å². The molecule has 35 heavy (non-hydrogen) atoms. The number of fused-ring (bicyclic) bond motifs is 1. The highest BCUT2D eigenvalue weighted by molar-refractivity contribution is 5.78. The maximum absolute atomic E-state index is 13.4. The summed E-state index contributed by atoms with van der Waals surface area (Å²) in [5.74, 6) is 2.30. The van der Waals surface area contributed by atoms with Crippen LogP contribution in [0.1, 0.15) is 62.6 Å². The molecule has 2 aromatic rings. The highest BCUT2D eigenvalue weighted by Crippen LogP contribution is 2.39. The first-order valence-electron chi connectivity index (χ1n) is 13.3. The summed E-state index contributed by atoms with van der Waals surface area (Å²) in [5.41, 5.74) is 8.32. The first-order valence-corrected chi connectivity index (χ1v) is 13.3. The molecule has 0 aliphatic carbocycles. The average molecular weight is 483 g/mol. The molecular weight excluding hydrogens is 440 g/mol. The van der Waals surface area contributed by atoms with Gasteiger partial charge in [-0.25, -0.2) is 0 Å². The molecule has 4 rings (SSSR count). The van der Waals surface area contributed by atoms with Crippen LogP contribution in [0.15, 0.2) is 36.5 Å². The Morgan fingerprint density at radius 3 is 2.74 bits per heavy atom. The number of nitrogens with two attached hydrogens (primary N) is 1. The monoisotopic (exact) mass is 482 g/mol. The lowest BCUT2D eigenvalue weighted by molar-refractivity contribution is -0.132. The number of aromatic nitrogens is 1. The lowest BCUT2D eigenvalue weighted by Gasteiger charge is -2.29. The van der Waals surface area contributed by atoms with E-state index in [1.54, 1.807) is 0 Å². The molecule has 0 bridgehead atoms. The molecule has 2 atom stereocenters. The van der Waals surface area contributed by atoms with Crippen LogP contribution in [0.5, 0.6) is 11.5 Å². The largest absolute Gasteiger partial charge is 0.454 e. The van der Waals surface area contributed by atoms with E-state index in [0.717, 1.165) is 76.1 Å². The topological polar surface area (TPSA) is 73.0 Å². The van der Waals surface area contributed by atoms with E-state index in [2.05, 4.69) is 58.8 Å². The molecule has 2 unspecified atom stereocenters. The molecule has 1 aromatic heterocycles. The van der Waals surface area contributed by atoms with Crippen molar-refractivity contribution in [3.05, 3.63) is 47.8 Å². The second kappa shape index (κ2) is 12.5. The number of rotatable bonds is 13. The Balaban J connectivity index is 1.45. The Kier molecular flexibility index (Phi) is 9.10. The van der Waals surface area contributed by atoms with Crippen molar-refractivity contribution in [3.8, 4) is 11.5 Å². The summed E-state index contributed by atoms with van der Waals surface area (Å²) in [6.07, 6.45) is 9.30. The molecule has 2 aliphatic rings. The predicted molar refractivity (Wildman–Crippen MR) is 139 cm³/mol. The van der Waals surface area contributed by atoms with Crippen LogP contribution in [-0.4, -0.2) is 65.8 Å². The third-order valence-electron chi connectivity index (χ3n) is 7.54. The van der Waals surface area contributed by atoms with Crippen LogP contribution in [0, 0.1) is 0 Å². The zero-order valence-electron chi connectivity index (χ0n) is 21.5. The summed E-state index contributed by atoms with van der Waals surface area (Å²) in [6.45, 7) is 6.19. The Labute approximate surface area is 210 Å². The molecule has 1 saturated heterocycles. The summed E-state index contributed by atoms with van der Waals surface area (Å²) >= 11 is 0. The van der Waals surface area contributed by atoms with Crippen molar-refractivity contribution in [2.24, 2.45) is 12.8 Å². The Hall–Kier alpha value is -2.51. The van der Waals surface area contributed by atoms with Crippen molar-refractivity contribution in [2.75, 3.05) is 39.5 Å². The zero-order valence-corrected chi connectivity index (χ0v) is 21.5. The van der Waals surface area contributed by atoms with Gasteiger partial charge in [0.25, 0.3) is 0 Å². The van der Waals surface area contributed by atoms with Crippen molar-refractivity contribution < 1.29 is 14.3 Å². The van der Waals surface area contributed by atoms with Gasteiger partial charge < -0.3 is 24.7 Å². The van der Waals surface area contributed by atoms with E-state index in [1.807, 2.05) is 6.07 Å². The van der Waals surface area contributed by atoms with E-state index in [1.165, 1.54) is 11.3 Å². The first kappa shape index (κ1) is 25.6. The van der Waals surface area contributed by atoms with Gasteiger partial charge in [-0.05, 0) is 80.8 Å². The molecule has 0 saturated carbocycles. The highest BCUT2D eigenvalue weighted by atomic mass is 16.7. The molecule has 1 fully saturated rings. The molecule has 0 radical (unpaired) electrons. The fourth-order valence-electron chi connectivity index (χ4n) is 5.39. The number of nitrogens with zero attached hydrogens (tertiary/aromatic N) is 3. The van der Waals surface area contributed by atoms with Gasteiger partial charge in [-0.3, -0.25) is 9.69 Å². The molecule has 7 nitrogen and oxygen atoms in total. The van der Waals surface area contributed by atoms with Gasteiger partial charge in [-0.1, -0.05) is 19.4 Å². The van der Waals surface area contributed by atoms with E-state index < -0.39 is 0 Å². The van der Waals surface area contributed by atoms with Gasteiger partial charge in [0.15, 0.2) is 11.5 Å². The van der Waals surface area contributed by atoms with Crippen LogP contribution in [0.3, 0.4) is 0 Å². The minimum absolute atomic E-state index is 0.255. The fourth-order valence-corrected chi connectivity index (χ4v) is 5.39. The van der Waals surface area contributed by atoms with Crippen LogP contribution < -0.4 is 15.2 Å². The summed E-state index contributed by atoms with van der Waals surface area (Å²) in [7, 11) is 2.10. The molecule has 1 aromatic carbocycles. The second-order valence-electron chi connectivity index (χ2n) is 10.0. The Morgan fingerprint density at radius 2 is 1.97 bits per heavy atom. The second-order valence-corrected chi connectivity index (χ2v) is 10.0. The maximum atomic E-state index is 13.4. The van der Waals surface area contributed by atoms with Crippen LogP contribution in [-0.2, 0) is 18.3 Å². The summed E-state index contributed by atoms with van der Waals surface area (Å²) in [5, 5.41) is 0. The van der Waals surface area contributed by atoms with Gasteiger partial charge in [-0.2, -0.15) is 0 Å². The van der Waals surface area contributed by atoms with Crippen molar-refractivity contribution in [1.82, 2.24) is 14.4 Å². The van der Waals surface area contributed by atoms with E-state index in [4.69, 9.17) is 15.2 Å². The Morgan fingerprint density at radius 1 is 1.14 bits per heavy atom. The fraction of sp³-hybridized carbons (Fsp3) is 0.607. The smallest absolute Gasteiger partial charge is 0.236 e. The quantitative estimate of drug-likeness (QED) is 0.438. The Bertz CT molecular complexity index is 959. The van der Waals surface area contributed by atoms with Crippen LogP contribution in [0.4, 0.5) is 0 Å². The molecule has 3 heterocycles. The van der Waals surface area contributed by atoms with E-state index in [9.17, 15) is 4.79 Å². The van der Waals surface area contributed by atoms with Crippen molar-refractivity contribution >= 4 is 5.91 Å². The third-order valence-corrected chi connectivity index (χ3v) is 7.54. The van der Waals surface area contributed by atoms with Gasteiger partial charge in [0.05, 0.1) is 6.54 Å². The van der Waals surface area contributed by atoms with Crippen LogP contribution >= 0.6 is 0 Å². The van der Waals surface area contributed by atoms with Crippen LogP contribution in [0.2, 0.25) is 0 Å². The number of carbonyl (C=O) groups is 1. The van der Waals surface area contributed by atoms with Gasteiger partial charge >= 0.3 is 0 Å². The highest BCUT2D eigenvalue weighted by Gasteiger charge is 2.35. The third kappa shape index (κ3) is 6.58. The summed E-state index contributed by atoms with van der Waals surface area (Å²) < 4.78 is 13.3. The lowest BCUT2D eigenvalue weighted by atomic mass is 9.94. The minimum atomic E-state index is 0.255. The van der Waals surface area contributed by atoms with E-state index in [0.29, 0.717) is 31.8 Å². The molecule has 2 N–H and O–H groups in total. The molecule has 192 valence electrons. The van der Waals surface area contributed by atoms with Gasteiger partial charge in [0.2, 0.25) is 12.7 Å². The summed E-state index contributed by atoms with van der Waals surface area (Å²) in [4.78, 5) is 17.9. The molecule has 2 aliphatic heterocycles. The van der Waals surface area contributed by atoms with E-state index >= 15 is 0 Å². The molecular formula is C28H42N4O3. The first-order chi connectivity index (χ1) is 17.1. The molecule has 1 amide bonds. The van der Waals surface area contributed by atoms with Gasteiger partial charge in [-0.15, -0.1) is 0 Å². The predicted octanol–water partition coefficient (Wildman–Crippen LogP) is 3.91. The minimum Gasteiger partial charge on any atom is -0.454 e. The number of carbonyl (C=O) groups excluding carboxylic acids is 1. The van der Waals surface area contributed by atoms with E-state index in [-0.39, 0.29) is 5.91 Å². The number of aryl methyl sites for hydroxylation is 2. The zero-order chi connectivity index (χ0) is 24.6.